The van der Waals surface area contributed by atoms with E-state index in [1.807, 2.05) is 6.20 Å². The minimum Gasteiger partial charge on any atom is -0.396 e. The maximum atomic E-state index is 9.91. The van der Waals surface area contributed by atoms with Crippen LogP contribution >= 0.6 is 0 Å². The molecule has 1 fully saturated rings. The van der Waals surface area contributed by atoms with Crippen molar-refractivity contribution in [3.63, 3.8) is 0 Å². The van der Waals surface area contributed by atoms with Gasteiger partial charge in [0.1, 0.15) is 0 Å². The Morgan fingerprint density at radius 2 is 1.92 bits per heavy atom. The molecule has 0 spiro atoms. The first-order valence-corrected chi connectivity index (χ1v) is 8.78. The van der Waals surface area contributed by atoms with Crippen molar-refractivity contribution in [3.8, 4) is 0 Å². The number of aromatic amines is 1. The summed E-state index contributed by atoms with van der Waals surface area (Å²) < 4.78 is 0. The number of fused-ring (bicyclic) bond motifs is 1. The Hall–Kier alpha value is -2.10. The average Bonchev–Trinajstić information content (AvgIpc) is 3.12. The molecule has 2 aromatic carbocycles. The fourth-order valence-electron chi connectivity index (χ4n) is 4.10. The van der Waals surface area contributed by atoms with Gasteiger partial charge in [-0.15, -0.1) is 0 Å². The summed E-state index contributed by atoms with van der Waals surface area (Å²) in [6.45, 7) is 3.24. The van der Waals surface area contributed by atoms with Crippen molar-refractivity contribution in [1.82, 2.24) is 9.88 Å². The zero-order chi connectivity index (χ0) is 16.4. The third-order valence-corrected chi connectivity index (χ3v) is 5.36. The zero-order valence-corrected chi connectivity index (χ0v) is 13.9. The minimum atomic E-state index is 0.254. The number of hydrogen-bond acceptors (Lipinski definition) is 2. The van der Waals surface area contributed by atoms with Gasteiger partial charge < -0.3 is 10.1 Å². The summed E-state index contributed by atoms with van der Waals surface area (Å²) in [5, 5.41) is 11.2. The molecule has 2 N–H and O–H groups in total. The summed E-state index contributed by atoms with van der Waals surface area (Å²) in [5.41, 5.74) is 3.93. The lowest BCUT2D eigenvalue weighted by Gasteiger charge is -2.38. The third-order valence-electron chi connectivity index (χ3n) is 5.36. The summed E-state index contributed by atoms with van der Waals surface area (Å²) in [5.74, 6) is 0.780. The van der Waals surface area contributed by atoms with Crippen LogP contribution in [0.5, 0.6) is 0 Å². The van der Waals surface area contributed by atoms with Gasteiger partial charge in [-0.05, 0) is 42.1 Å². The first-order chi connectivity index (χ1) is 11.8. The molecule has 0 bridgehead atoms. The molecule has 3 aromatic rings. The molecule has 1 aliphatic rings. The van der Waals surface area contributed by atoms with Gasteiger partial charge >= 0.3 is 0 Å². The van der Waals surface area contributed by atoms with Gasteiger partial charge in [-0.2, -0.15) is 0 Å². The highest BCUT2D eigenvalue weighted by Crippen LogP contribution is 2.33. The number of nitrogens with one attached hydrogen (secondary N) is 1. The molecule has 3 nitrogen and oxygen atoms in total. The second-order valence-corrected chi connectivity index (χ2v) is 6.84. The number of hydrogen-bond donors (Lipinski definition) is 2. The Bertz CT molecular complexity index is 796. The summed E-state index contributed by atoms with van der Waals surface area (Å²) >= 11 is 0. The smallest absolute Gasteiger partial charge is 0.0477 e. The van der Waals surface area contributed by atoms with Crippen LogP contribution in [0.25, 0.3) is 10.9 Å². The van der Waals surface area contributed by atoms with Gasteiger partial charge in [-0.25, -0.2) is 0 Å². The molecule has 124 valence electrons. The van der Waals surface area contributed by atoms with E-state index in [1.54, 1.807) is 0 Å². The van der Waals surface area contributed by atoms with Crippen LogP contribution in [-0.4, -0.2) is 34.7 Å². The molecule has 0 saturated carbocycles. The molecule has 1 saturated heterocycles. The molecule has 4 rings (SSSR count). The van der Waals surface area contributed by atoms with Crippen molar-refractivity contribution in [2.45, 2.75) is 18.9 Å². The van der Waals surface area contributed by atoms with Crippen LogP contribution in [0.3, 0.4) is 0 Å². The van der Waals surface area contributed by atoms with Gasteiger partial charge in [0.15, 0.2) is 0 Å². The van der Waals surface area contributed by atoms with Crippen LogP contribution in [0.2, 0.25) is 0 Å². The highest BCUT2D eigenvalue weighted by molar-refractivity contribution is 5.82. The lowest BCUT2D eigenvalue weighted by atomic mass is 9.81. The van der Waals surface area contributed by atoms with E-state index in [4.69, 9.17) is 0 Å². The van der Waals surface area contributed by atoms with E-state index in [2.05, 4.69) is 64.5 Å². The van der Waals surface area contributed by atoms with E-state index < -0.39 is 0 Å². The van der Waals surface area contributed by atoms with Gasteiger partial charge in [0.2, 0.25) is 0 Å². The van der Waals surface area contributed by atoms with Crippen LogP contribution in [0, 0.1) is 5.92 Å². The number of aliphatic hydroxyl groups is 1. The zero-order valence-electron chi connectivity index (χ0n) is 13.9. The van der Waals surface area contributed by atoms with Gasteiger partial charge in [0.25, 0.3) is 0 Å². The van der Waals surface area contributed by atoms with E-state index in [0.29, 0.717) is 11.8 Å². The number of aromatic nitrogens is 1. The molecule has 0 amide bonds. The largest absolute Gasteiger partial charge is 0.396 e. The van der Waals surface area contributed by atoms with Gasteiger partial charge in [-0.3, -0.25) is 4.90 Å². The number of likely N-dealkylation sites (tertiary alicyclic amines) is 1. The first-order valence-electron chi connectivity index (χ1n) is 8.78. The van der Waals surface area contributed by atoms with Gasteiger partial charge in [-0.1, -0.05) is 42.5 Å². The Kier molecular flexibility index (Phi) is 4.37. The number of piperidine rings is 1. The summed E-state index contributed by atoms with van der Waals surface area (Å²) in [6, 6.07) is 19.3. The molecule has 0 radical (unpaired) electrons. The van der Waals surface area contributed by atoms with Crippen molar-refractivity contribution >= 4 is 10.9 Å². The quantitative estimate of drug-likeness (QED) is 0.768. The van der Waals surface area contributed by atoms with E-state index >= 15 is 0 Å². The maximum Gasteiger partial charge on any atom is 0.0477 e. The third kappa shape index (κ3) is 2.97. The molecule has 2 heterocycles. The molecular weight excluding hydrogens is 296 g/mol. The number of aliphatic hydroxyl groups excluding tert-OH is 1. The second-order valence-electron chi connectivity index (χ2n) is 6.84. The topological polar surface area (TPSA) is 39.3 Å². The van der Waals surface area contributed by atoms with Crippen molar-refractivity contribution < 1.29 is 5.11 Å². The Morgan fingerprint density at radius 1 is 1.04 bits per heavy atom. The highest BCUT2D eigenvalue weighted by Gasteiger charge is 2.29. The lowest BCUT2D eigenvalue weighted by molar-refractivity contribution is 0.0975. The number of benzene rings is 2. The Labute approximate surface area is 142 Å². The molecule has 1 aromatic heterocycles. The fraction of sp³-hybridized carbons (Fsp3) is 0.333. The maximum absolute atomic E-state index is 9.91. The molecule has 0 aliphatic carbocycles. The van der Waals surface area contributed by atoms with E-state index in [1.165, 1.54) is 22.0 Å². The second kappa shape index (κ2) is 6.80. The Morgan fingerprint density at radius 3 is 2.75 bits per heavy atom. The first kappa shape index (κ1) is 15.4. The van der Waals surface area contributed by atoms with Crippen LogP contribution < -0.4 is 0 Å². The van der Waals surface area contributed by atoms with Crippen LogP contribution in [0.1, 0.15) is 23.5 Å². The number of rotatable bonds is 4. The predicted molar refractivity (Wildman–Crippen MR) is 98.0 cm³/mol. The van der Waals surface area contributed by atoms with Crippen LogP contribution in [0.4, 0.5) is 0 Å². The van der Waals surface area contributed by atoms with Crippen LogP contribution in [0.15, 0.2) is 60.8 Å². The predicted octanol–water partition coefficient (Wildman–Crippen LogP) is 3.77. The van der Waals surface area contributed by atoms with Crippen molar-refractivity contribution in [2.75, 3.05) is 19.7 Å². The molecule has 3 heteroatoms. The molecule has 0 unspecified atom stereocenters. The standard InChI is InChI=1S/C21H24N2O/c24-15-18-14-23(12-10-19(18)16-5-2-1-3-6-16)13-17-7-4-8-21-20(17)9-11-22-21/h1-9,11,18-19,22,24H,10,12-15H2/t18-,19+/m1/s1. The summed E-state index contributed by atoms with van der Waals surface area (Å²) in [6.07, 6.45) is 3.12. The summed E-state index contributed by atoms with van der Waals surface area (Å²) in [4.78, 5) is 5.78. The minimum absolute atomic E-state index is 0.254. The monoisotopic (exact) mass is 320 g/mol. The molecular formula is C21H24N2O. The number of H-pyrrole nitrogens is 1. The van der Waals surface area contributed by atoms with Gasteiger partial charge in [0.05, 0.1) is 0 Å². The summed E-state index contributed by atoms with van der Waals surface area (Å²) in [7, 11) is 0. The van der Waals surface area contributed by atoms with E-state index in [0.717, 1.165) is 26.1 Å². The van der Waals surface area contributed by atoms with Crippen LogP contribution in [-0.2, 0) is 6.54 Å². The molecule has 1 aliphatic heterocycles. The number of nitrogens with zero attached hydrogens (tertiary/aromatic N) is 1. The fourth-order valence-corrected chi connectivity index (χ4v) is 4.10. The SMILES string of the molecule is OC[C@H]1CN(Cc2cccc3[nH]ccc23)CC[C@H]1c1ccccc1. The Balaban J connectivity index is 1.50. The highest BCUT2D eigenvalue weighted by atomic mass is 16.3. The average molecular weight is 320 g/mol. The van der Waals surface area contributed by atoms with E-state index in [-0.39, 0.29) is 6.61 Å². The van der Waals surface area contributed by atoms with Crippen molar-refractivity contribution in [1.29, 1.82) is 0 Å². The lowest BCUT2D eigenvalue weighted by Crippen LogP contribution is -2.40. The van der Waals surface area contributed by atoms with Crippen molar-refractivity contribution in [3.05, 3.63) is 71.9 Å². The molecule has 24 heavy (non-hydrogen) atoms. The molecule has 2 atom stereocenters. The van der Waals surface area contributed by atoms with Crippen molar-refractivity contribution in [2.24, 2.45) is 5.92 Å². The van der Waals surface area contributed by atoms with Gasteiger partial charge in [0, 0.05) is 42.7 Å². The van der Waals surface area contributed by atoms with E-state index in [9.17, 15) is 5.11 Å². The normalized spacial score (nSPS) is 22.0.